The minimum Gasteiger partial charge on any atom is -0.313 e. The molecule has 0 aliphatic carbocycles. The van der Waals surface area contributed by atoms with E-state index in [4.69, 9.17) is 4.84 Å². The van der Waals surface area contributed by atoms with Crippen LogP contribution in [0.1, 0.15) is 0 Å². The number of hydroxylamine groups is 2. The SMILES string of the molecule is CON(C)C(=O)[C@H]1CNCCN1. The van der Waals surface area contributed by atoms with Crippen LogP contribution in [0.5, 0.6) is 0 Å². The summed E-state index contributed by atoms with van der Waals surface area (Å²) < 4.78 is 0. The second kappa shape index (κ2) is 4.39. The van der Waals surface area contributed by atoms with Crippen molar-refractivity contribution in [3.8, 4) is 0 Å². The van der Waals surface area contributed by atoms with Crippen LogP contribution in [0.25, 0.3) is 0 Å². The summed E-state index contributed by atoms with van der Waals surface area (Å²) in [6, 6.07) is -0.149. The highest BCUT2D eigenvalue weighted by atomic mass is 16.7. The molecule has 1 amide bonds. The Kier molecular flexibility index (Phi) is 3.46. The van der Waals surface area contributed by atoms with Crippen LogP contribution in [0.3, 0.4) is 0 Å². The van der Waals surface area contributed by atoms with Crippen LogP contribution >= 0.6 is 0 Å². The zero-order chi connectivity index (χ0) is 8.97. The lowest BCUT2D eigenvalue weighted by atomic mass is 10.2. The first-order valence-electron chi connectivity index (χ1n) is 4.01. The molecule has 1 atom stereocenters. The van der Waals surface area contributed by atoms with E-state index in [1.165, 1.54) is 12.2 Å². The molecule has 1 aliphatic heterocycles. The standard InChI is InChI=1S/C7H15N3O2/c1-10(12-2)7(11)6-5-8-3-4-9-6/h6,8-9H,3-5H2,1-2H3/t6-/m1/s1. The number of rotatable bonds is 2. The first-order chi connectivity index (χ1) is 5.75. The number of carbonyl (C=O) groups is 1. The predicted octanol–water partition coefficient (Wildman–Crippen LogP) is -1.43. The lowest BCUT2D eigenvalue weighted by molar-refractivity contribution is -0.171. The number of carbonyl (C=O) groups excluding carboxylic acids is 1. The van der Waals surface area contributed by atoms with E-state index < -0.39 is 0 Å². The lowest BCUT2D eigenvalue weighted by Crippen LogP contribution is -2.55. The van der Waals surface area contributed by atoms with Gasteiger partial charge in [-0.25, -0.2) is 5.06 Å². The normalized spacial score (nSPS) is 23.7. The Hall–Kier alpha value is -0.650. The number of hydrogen-bond acceptors (Lipinski definition) is 4. The third kappa shape index (κ3) is 2.17. The van der Waals surface area contributed by atoms with E-state index in [0.29, 0.717) is 6.54 Å². The zero-order valence-corrected chi connectivity index (χ0v) is 7.46. The molecule has 1 saturated heterocycles. The van der Waals surface area contributed by atoms with Gasteiger partial charge >= 0.3 is 0 Å². The van der Waals surface area contributed by atoms with E-state index in [9.17, 15) is 4.79 Å². The monoisotopic (exact) mass is 173 g/mol. The Morgan fingerprint density at radius 2 is 2.33 bits per heavy atom. The molecule has 0 bridgehead atoms. The van der Waals surface area contributed by atoms with Crippen molar-refractivity contribution in [2.45, 2.75) is 6.04 Å². The van der Waals surface area contributed by atoms with Crippen LogP contribution in [0, 0.1) is 0 Å². The minimum atomic E-state index is -0.149. The largest absolute Gasteiger partial charge is 0.313 e. The summed E-state index contributed by atoms with van der Waals surface area (Å²) in [5.41, 5.74) is 0. The number of likely N-dealkylation sites (N-methyl/N-ethyl adjacent to an activating group) is 1. The van der Waals surface area contributed by atoms with Crippen LogP contribution in [0.4, 0.5) is 0 Å². The Labute approximate surface area is 72.0 Å². The van der Waals surface area contributed by atoms with Gasteiger partial charge in [0.25, 0.3) is 5.91 Å². The van der Waals surface area contributed by atoms with Gasteiger partial charge in [-0.15, -0.1) is 0 Å². The Morgan fingerprint density at radius 3 is 2.83 bits per heavy atom. The maximum Gasteiger partial charge on any atom is 0.264 e. The molecule has 1 fully saturated rings. The average molecular weight is 173 g/mol. The summed E-state index contributed by atoms with van der Waals surface area (Å²) in [4.78, 5) is 16.2. The van der Waals surface area contributed by atoms with Crippen molar-refractivity contribution in [3.63, 3.8) is 0 Å². The van der Waals surface area contributed by atoms with Gasteiger partial charge in [-0.3, -0.25) is 9.63 Å². The second-order valence-electron chi connectivity index (χ2n) is 2.73. The number of amides is 1. The molecule has 5 heteroatoms. The molecule has 0 spiro atoms. The Morgan fingerprint density at radius 1 is 1.58 bits per heavy atom. The van der Waals surface area contributed by atoms with Gasteiger partial charge in [-0.1, -0.05) is 0 Å². The molecule has 0 aromatic carbocycles. The summed E-state index contributed by atoms with van der Waals surface area (Å²) in [5, 5.41) is 7.47. The van der Waals surface area contributed by atoms with Crippen LogP contribution in [0.15, 0.2) is 0 Å². The summed E-state index contributed by atoms with van der Waals surface area (Å²) in [7, 11) is 3.09. The van der Waals surface area contributed by atoms with E-state index >= 15 is 0 Å². The zero-order valence-electron chi connectivity index (χ0n) is 7.46. The van der Waals surface area contributed by atoms with Gasteiger partial charge in [0.05, 0.1) is 7.11 Å². The topological polar surface area (TPSA) is 53.6 Å². The first-order valence-corrected chi connectivity index (χ1v) is 4.01. The predicted molar refractivity (Wildman–Crippen MR) is 44.4 cm³/mol. The van der Waals surface area contributed by atoms with Gasteiger partial charge in [-0.2, -0.15) is 0 Å². The summed E-state index contributed by atoms with van der Waals surface area (Å²) in [6.45, 7) is 2.42. The maximum atomic E-state index is 11.4. The molecule has 12 heavy (non-hydrogen) atoms. The highest BCUT2D eigenvalue weighted by Crippen LogP contribution is 1.93. The molecule has 1 heterocycles. The molecule has 0 saturated carbocycles. The minimum absolute atomic E-state index is 0.0373. The Bertz CT molecular complexity index is 157. The summed E-state index contributed by atoms with van der Waals surface area (Å²) in [6.07, 6.45) is 0. The van der Waals surface area contributed by atoms with Crippen molar-refractivity contribution in [2.75, 3.05) is 33.8 Å². The number of nitrogens with one attached hydrogen (secondary N) is 2. The maximum absolute atomic E-state index is 11.4. The molecule has 5 nitrogen and oxygen atoms in total. The van der Waals surface area contributed by atoms with E-state index in [0.717, 1.165) is 13.1 Å². The molecule has 0 aromatic heterocycles. The average Bonchev–Trinajstić information content (AvgIpc) is 2.17. The van der Waals surface area contributed by atoms with E-state index in [1.807, 2.05) is 0 Å². The summed E-state index contributed by atoms with van der Waals surface area (Å²) >= 11 is 0. The van der Waals surface area contributed by atoms with Gasteiger partial charge in [0.15, 0.2) is 0 Å². The molecular formula is C7H15N3O2. The third-order valence-electron chi connectivity index (χ3n) is 1.92. The fourth-order valence-electron chi connectivity index (χ4n) is 1.14. The number of nitrogens with zero attached hydrogens (tertiary/aromatic N) is 1. The van der Waals surface area contributed by atoms with Crippen molar-refractivity contribution in [1.29, 1.82) is 0 Å². The van der Waals surface area contributed by atoms with Gasteiger partial charge in [0, 0.05) is 26.7 Å². The van der Waals surface area contributed by atoms with Crippen molar-refractivity contribution in [3.05, 3.63) is 0 Å². The van der Waals surface area contributed by atoms with Crippen molar-refractivity contribution < 1.29 is 9.63 Å². The van der Waals surface area contributed by atoms with Crippen molar-refractivity contribution >= 4 is 5.91 Å². The van der Waals surface area contributed by atoms with Crippen LogP contribution < -0.4 is 10.6 Å². The third-order valence-corrected chi connectivity index (χ3v) is 1.92. The quantitative estimate of drug-likeness (QED) is 0.503. The van der Waals surface area contributed by atoms with Gasteiger partial charge in [-0.05, 0) is 0 Å². The molecule has 1 aliphatic rings. The van der Waals surface area contributed by atoms with E-state index in [1.54, 1.807) is 7.05 Å². The van der Waals surface area contributed by atoms with Crippen molar-refractivity contribution in [1.82, 2.24) is 15.7 Å². The molecule has 2 N–H and O–H groups in total. The van der Waals surface area contributed by atoms with E-state index in [2.05, 4.69) is 10.6 Å². The molecule has 0 radical (unpaired) electrons. The first kappa shape index (κ1) is 9.44. The van der Waals surface area contributed by atoms with Crippen molar-refractivity contribution in [2.24, 2.45) is 0 Å². The second-order valence-corrected chi connectivity index (χ2v) is 2.73. The Balaban J connectivity index is 2.39. The van der Waals surface area contributed by atoms with Gasteiger partial charge in [0.1, 0.15) is 6.04 Å². The summed E-state index contributed by atoms with van der Waals surface area (Å²) in [5.74, 6) is -0.0373. The van der Waals surface area contributed by atoms with Crippen LogP contribution in [-0.4, -0.2) is 50.8 Å². The number of hydrogen-bond donors (Lipinski definition) is 2. The highest BCUT2D eigenvalue weighted by Gasteiger charge is 2.23. The molecule has 0 aromatic rings. The van der Waals surface area contributed by atoms with E-state index in [-0.39, 0.29) is 11.9 Å². The molecule has 1 rings (SSSR count). The van der Waals surface area contributed by atoms with Crippen LogP contribution in [-0.2, 0) is 9.63 Å². The van der Waals surface area contributed by atoms with Gasteiger partial charge in [0.2, 0.25) is 0 Å². The molecular weight excluding hydrogens is 158 g/mol. The number of piperazine rings is 1. The fourth-order valence-corrected chi connectivity index (χ4v) is 1.14. The smallest absolute Gasteiger partial charge is 0.264 e. The highest BCUT2D eigenvalue weighted by molar-refractivity contribution is 5.81. The van der Waals surface area contributed by atoms with Crippen LogP contribution in [0.2, 0.25) is 0 Å². The van der Waals surface area contributed by atoms with Gasteiger partial charge < -0.3 is 10.6 Å². The molecule has 70 valence electrons. The molecule has 0 unspecified atom stereocenters. The lowest BCUT2D eigenvalue weighted by Gasteiger charge is -2.26. The fraction of sp³-hybridized carbons (Fsp3) is 0.857.